The third kappa shape index (κ3) is 5.68. The number of rotatable bonds is 7. The van der Waals surface area contributed by atoms with Crippen LogP contribution >= 0.6 is 22.8 Å². The van der Waals surface area contributed by atoms with Crippen molar-refractivity contribution in [3.63, 3.8) is 0 Å². The van der Waals surface area contributed by atoms with E-state index in [1.165, 1.54) is 11.1 Å². The van der Waals surface area contributed by atoms with Crippen molar-refractivity contribution >= 4 is 22.8 Å². The van der Waals surface area contributed by atoms with Crippen LogP contribution in [0.2, 0.25) is 0 Å². The summed E-state index contributed by atoms with van der Waals surface area (Å²) in [6.07, 6.45) is 1.62. The number of hydrogen-bond acceptors (Lipinski definition) is 2. The number of hydrogen-bond donors (Lipinski definition) is 0. The average molecular weight is 367 g/mol. The lowest BCUT2D eigenvalue weighted by Gasteiger charge is -2.20. The van der Waals surface area contributed by atoms with E-state index in [1.54, 1.807) is 0 Å². The van der Waals surface area contributed by atoms with Gasteiger partial charge < -0.3 is 9.47 Å². The highest BCUT2D eigenvalue weighted by molar-refractivity contribution is 9.36. The highest BCUT2D eigenvalue weighted by atomic mass is 79.9. The first-order valence-electron chi connectivity index (χ1n) is 6.97. The molecule has 0 saturated carbocycles. The summed E-state index contributed by atoms with van der Waals surface area (Å²) in [4.78, 5) is 0. The summed E-state index contributed by atoms with van der Waals surface area (Å²) in [6, 6.07) is 16.1. The minimum absolute atomic E-state index is 0.263. The molecule has 2 nitrogen and oxygen atoms in total. The van der Waals surface area contributed by atoms with Crippen LogP contribution in [-0.2, 0) is 0 Å². The Balaban J connectivity index is 2.02. The maximum atomic E-state index is 5.97. The van der Waals surface area contributed by atoms with Crippen molar-refractivity contribution in [2.45, 2.75) is 26.6 Å². The second kappa shape index (κ2) is 8.41. The van der Waals surface area contributed by atoms with Crippen molar-refractivity contribution in [2.75, 3.05) is 6.16 Å². The van der Waals surface area contributed by atoms with Crippen LogP contribution in [0, 0.1) is 13.8 Å². The molecule has 0 N–H and O–H groups in total. The molecule has 4 heteroatoms. The molecule has 21 heavy (non-hydrogen) atoms. The Kier molecular flexibility index (Phi) is 6.53. The summed E-state index contributed by atoms with van der Waals surface area (Å²) >= 11 is 3.48. The number of aryl methyl sites for hydroxylation is 2. The van der Waals surface area contributed by atoms with Crippen molar-refractivity contribution in [2.24, 2.45) is 0 Å². The summed E-state index contributed by atoms with van der Waals surface area (Å²) in [7, 11) is 0.720. The zero-order valence-corrected chi connectivity index (χ0v) is 14.9. The Morgan fingerprint density at radius 1 is 0.857 bits per heavy atom. The first-order chi connectivity index (χ1) is 10.2. The molecule has 1 unspecified atom stereocenters. The summed E-state index contributed by atoms with van der Waals surface area (Å²) in [6.45, 7) is 4.13. The summed E-state index contributed by atoms with van der Waals surface area (Å²) in [5.41, 5.74) is 2.44. The van der Waals surface area contributed by atoms with Gasteiger partial charge in [0.05, 0.1) is 0 Å². The molecule has 0 aromatic heterocycles. The van der Waals surface area contributed by atoms with E-state index in [4.69, 9.17) is 9.47 Å². The van der Waals surface area contributed by atoms with Gasteiger partial charge in [0.2, 0.25) is 6.29 Å². The molecular formula is C17H20BrO2P. The fourth-order valence-corrected chi connectivity index (χ4v) is 2.88. The first-order valence-corrected chi connectivity index (χ1v) is 10.4. The molecule has 0 radical (unpaired) electrons. The van der Waals surface area contributed by atoms with Gasteiger partial charge >= 0.3 is 0 Å². The lowest BCUT2D eigenvalue weighted by Crippen LogP contribution is -2.24. The molecule has 0 aliphatic carbocycles. The quantitative estimate of drug-likeness (QED) is 0.478. The van der Waals surface area contributed by atoms with Crippen LogP contribution in [0.4, 0.5) is 0 Å². The molecule has 0 aliphatic heterocycles. The molecule has 0 fully saturated rings. The van der Waals surface area contributed by atoms with Gasteiger partial charge in [-0.1, -0.05) is 50.9 Å². The van der Waals surface area contributed by atoms with Crippen molar-refractivity contribution in [1.29, 1.82) is 0 Å². The van der Waals surface area contributed by atoms with Crippen molar-refractivity contribution in [1.82, 2.24) is 0 Å². The summed E-state index contributed by atoms with van der Waals surface area (Å²) in [5.74, 6) is 1.69. The van der Waals surface area contributed by atoms with Crippen LogP contribution in [0.15, 0.2) is 48.5 Å². The van der Waals surface area contributed by atoms with Crippen LogP contribution in [0.5, 0.6) is 11.5 Å². The fourth-order valence-electron chi connectivity index (χ4n) is 1.85. The van der Waals surface area contributed by atoms with Crippen LogP contribution in [0.25, 0.3) is 0 Å². The van der Waals surface area contributed by atoms with Crippen LogP contribution in [0.1, 0.15) is 17.5 Å². The number of halogens is 1. The van der Waals surface area contributed by atoms with Crippen molar-refractivity contribution in [3.8, 4) is 11.5 Å². The van der Waals surface area contributed by atoms with Crippen LogP contribution < -0.4 is 9.47 Å². The molecule has 2 rings (SSSR count). The van der Waals surface area contributed by atoms with Gasteiger partial charge in [0.1, 0.15) is 11.5 Å². The maximum absolute atomic E-state index is 5.97. The monoisotopic (exact) mass is 366 g/mol. The molecule has 0 amide bonds. The smallest absolute Gasteiger partial charge is 0.241 e. The Morgan fingerprint density at radius 3 is 1.67 bits per heavy atom. The van der Waals surface area contributed by atoms with E-state index in [0.717, 1.165) is 31.4 Å². The van der Waals surface area contributed by atoms with Gasteiger partial charge in [-0.3, -0.25) is 0 Å². The first kappa shape index (κ1) is 16.3. The topological polar surface area (TPSA) is 18.5 Å². The molecule has 2 aromatic rings. The lowest BCUT2D eigenvalue weighted by molar-refractivity contribution is 0.00418. The van der Waals surface area contributed by atoms with E-state index in [1.807, 2.05) is 48.5 Å². The van der Waals surface area contributed by atoms with Crippen LogP contribution in [0.3, 0.4) is 0 Å². The van der Waals surface area contributed by atoms with E-state index in [0.29, 0.717) is 0 Å². The predicted octanol–water partition coefficient (Wildman–Crippen LogP) is 5.47. The molecule has 0 heterocycles. The lowest BCUT2D eigenvalue weighted by atomic mass is 10.2. The molecule has 2 aromatic carbocycles. The predicted molar refractivity (Wildman–Crippen MR) is 94.1 cm³/mol. The van der Waals surface area contributed by atoms with E-state index in [-0.39, 0.29) is 6.29 Å². The maximum Gasteiger partial charge on any atom is 0.241 e. The third-order valence-corrected chi connectivity index (χ3v) is 4.72. The average Bonchev–Trinajstić information content (AvgIpc) is 2.49. The van der Waals surface area contributed by atoms with E-state index in [2.05, 4.69) is 29.3 Å². The molecule has 0 aliphatic rings. The second-order valence-corrected chi connectivity index (χ2v) is 7.41. The fraction of sp³-hybridized carbons (Fsp3) is 0.294. The summed E-state index contributed by atoms with van der Waals surface area (Å²) in [5, 5.41) is 0. The zero-order valence-electron chi connectivity index (χ0n) is 12.3. The molecule has 1 atom stereocenters. The molecule has 112 valence electrons. The summed E-state index contributed by atoms with van der Waals surface area (Å²) < 4.78 is 11.9. The van der Waals surface area contributed by atoms with Gasteiger partial charge in [0.15, 0.2) is 0 Å². The normalized spacial score (nSPS) is 11.2. The second-order valence-electron chi connectivity index (χ2n) is 4.96. The van der Waals surface area contributed by atoms with Crippen molar-refractivity contribution in [3.05, 3.63) is 59.7 Å². The molecule has 0 spiro atoms. The van der Waals surface area contributed by atoms with Crippen LogP contribution in [-0.4, -0.2) is 12.5 Å². The Hall–Kier alpha value is -1.05. The highest BCUT2D eigenvalue weighted by Gasteiger charge is 2.12. The standard InChI is InChI=1S/C17H20BrO2P/c1-13-3-7-15(8-4-13)19-17(11-12-21-18)20-16-9-5-14(2)6-10-16/h3-10,17,21H,11-12H2,1-2H3. The largest absolute Gasteiger partial charge is 0.455 e. The Labute approximate surface area is 136 Å². The van der Waals surface area contributed by atoms with E-state index >= 15 is 0 Å². The van der Waals surface area contributed by atoms with Gasteiger partial charge in [-0.2, -0.15) is 0 Å². The molecule has 0 saturated heterocycles. The van der Waals surface area contributed by atoms with Crippen molar-refractivity contribution < 1.29 is 9.47 Å². The van der Waals surface area contributed by atoms with E-state index < -0.39 is 0 Å². The highest BCUT2D eigenvalue weighted by Crippen LogP contribution is 2.24. The zero-order chi connectivity index (χ0) is 15.1. The third-order valence-electron chi connectivity index (χ3n) is 3.05. The number of ether oxygens (including phenoxy) is 2. The van der Waals surface area contributed by atoms with Gasteiger partial charge in [0, 0.05) is 6.42 Å². The molecule has 0 bridgehead atoms. The minimum atomic E-state index is -0.263. The van der Waals surface area contributed by atoms with Gasteiger partial charge in [0.25, 0.3) is 0 Å². The van der Waals surface area contributed by atoms with Gasteiger partial charge in [-0.15, -0.1) is 0 Å². The van der Waals surface area contributed by atoms with E-state index in [9.17, 15) is 0 Å². The van der Waals surface area contributed by atoms with Gasteiger partial charge in [-0.25, -0.2) is 0 Å². The van der Waals surface area contributed by atoms with Gasteiger partial charge in [-0.05, 0) is 51.6 Å². The number of benzene rings is 2. The minimum Gasteiger partial charge on any atom is -0.455 e. The Bertz CT molecular complexity index is 492. The SMILES string of the molecule is Cc1ccc(OC(CCPBr)Oc2ccc(C)cc2)cc1. The molecular weight excluding hydrogens is 347 g/mol. The Morgan fingerprint density at radius 2 is 1.29 bits per heavy atom.